The Morgan fingerprint density at radius 1 is 0.746 bits per heavy atom. The fourth-order valence-electron chi connectivity index (χ4n) is 17.3. The van der Waals surface area contributed by atoms with Gasteiger partial charge in [-0.15, -0.1) is 0 Å². The van der Waals surface area contributed by atoms with Gasteiger partial charge in [-0.25, -0.2) is 0 Å². The van der Waals surface area contributed by atoms with Crippen LogP contribution in [0.4, 0.5) is 0 Å². The van der Waals surface area contributed by atoms with Crippen molar-refractivity contribution in [3.8, 4) is 0 Å². The zero-order chi connectivity index (χ0) is 42.9. The van der Waals surface area contributed by atoms with E-state index in [0.717, 1.165) is 89.4 Å². The molecular weight excluding hydrogens is 737 g/mol. The normalized spacial score (nSPS) is 50.6. The van der Waals surface area contributed by atoms with Crippen LogP contribution in [-0.2, 0) is 23.9 Å². The van der Waals surface area contributed by atoms with Gasteiger partial charge in [-0.1, -0.05) is 73.5 Å². The van der Waals surface area contributed by atoms with Crippen LogP contribution in [0.5, 0.6) is 0 Å². The molecular formula is C52H78O7. The number of aliphatic hydroxyl groups is 1. The third-order valence-corrected chi connectivity index (χ3v) is 21.5. The van der Waals surface area contributed by atoms with E-state index in [0.29, 0.717) is 36.4 Å². The summed E-state index contributed by atoms with van der Waals surface area (Å²) in [6, 6.07) is 0. The summed E-state index contributed by atoms with van der Waals surface area (Å²) in [5.41, 5.74) is 1.97. The smallest absolute Gasteiger partial charge is 0.309 e. The minimum absolute atomic E-state index is 0.0296. The molecule has 0 saturated heterocycles. The summed E-state index contributed by atoms with van der Waals surface area (Å²) >= 11 is 0. The molecule has 0 bridgehead atoms. The summed E-state index contributed by atoms with van der Waals surface area (Å²) in [7, 11) is 0. The maximum absolute atomic E-state index is 14.2. The maximum atomic E-state index is 14.2. The molecule has 7 nitrogen and oxygen atoms in total. The van der Waals surface area contributed by atoms with Crippen molar-refractivity contribution in [3.63, 3.8) is 0 Å². The van der Waals surface area contributed by atoms with E-state index in [9.17, 15) is 29.4 Å². The van der Waals surface area contributed by atoms with Gasteiger partial charge < -0.3 is 14.9 Å². The largest absolute Gasteiger partial charge is 0.481 e. The third kappa shape index (κ3) is 6.15. The molecule has 0 aromatic rings. The highest BCUT2D eigenvalue weighted by Crippen LogP contribution is 2.75. The Balaban J connectivity index is 0.000000172. The highest BCUT2D eigenvalue weighted by Gasteiger charge is 2.70. The van der Waals surface area contributed by atoms with E-state index in [4.69, 9.17) is 4.74 Å². The molecule has 9 aliphatic rings. The second-order valence-electron chi connectivity index (χ2n) is 24.4. The molecule has 7 fully saturated rings. The number of ether oxygens (including phenoxy) is 1. The number of carboxylic acids is 1. The Morgan fingerprint density at radius 3 is 2.14 bits per heavy atom. The van der Waals surface area contributed by atoms with Crippen LogP contribution in [0, 0.1) is 78.8 Å². The first-order valence-corrected chi connectivity index (χ1v) is 24.0. The van der Waals surface area contributed by atoms with Crippen molar-refractivity contribution in [1.29, 1.82) is 0 Å². The summed E-state index contributed by atoms with van der Waals surface area (Å²) in [5, 5.41) is 20.9. The SMILES string of the molecule is CC1(C(=O)O)CCC2(C)CCC3(C)C(=CC(=O)C4C5(C)CCC(O)C(C)(C)C5CCC43C)C2C1.CCC(=O)OC1CCC2C3CCC4=CC(=O)CCC4(C)C3CCC12C. The van der Waals surface area contributed by atoms with E-state index in [2.05, 4.69) is 55.4 Å². The lowest BCUT2D eigenvalue weighted by Gasteiger charge is -2.70. The van der Waals surface area contributed by atoms with Gasteiger partial charge in [-0.05, 0) is 184 Å². The lowest BCUT2D eigenvalue weighted by Crippen LogP contribution is -2.66. The van der Waals surface area contributed by atoms with Crippen LogP contribution in [0.3, 0.4) is 0 Å². The van der Waals surface area contributed by atoms with Crippen LogP contribution < -0.4 is 0 Å². The van der Waals surface area contributed by atoms with E-state index in [-0.39, 0.29) is 73.7 Å². The van der Waals surface area contributed by atoms with Gasteiger partial charge in [0.15, 0.2) is 11.6 Å². The number of allylic oxidation sites excluding steroid dienone is 3. The topological polar surface area (TPSA) is 118 Å². The predicted octanol–water partition coefficient (Wildman–Crippen LogP) is 11.3. The molecule has 15 unspecified atom stereocenters. The molecule has 9 rings (SSSR count). The predicted molar refractivity (Wildman–Crippen MR) is 230 cm³/mol. The standard InChI is InChI=1S/C30H46O4.C22H32O3/c1-25(2)21-8-11-30(7)23(28(21,5)10-9-22(25)32)20(31)16-18-19-17-27(4,24(33)34)13-12-26(19,3)14-15-29(18,30)6;1-4-20(24)25-19-8-7-17-16-6-5-14-13-15(23)9-11-21(14,2)18(16)10-12-22(17,19)3/h16,19,21-23,32H,8-15,17H2,1-7H3,(H,33,34);13,16-19H,4-12H2,1-3H3. The van der Waals surface area contributed by atoms with Crippen LogP contribution in [0.15, 0.2) is 23.3 Å². The number of hydrogen-bond donors (Lipinski definition) is 2. The average molecular weight is 815 g/mol. The molecule has 15 atom stereocenters. The second kappa shape index (κ2) is 14.1. The molecule has 0 radical (unpaired) electrons. The molecule has 0 aliphatic heterocycles. The van der Waals surface area contributed by atoms with E-state index in [1.807, 2.05) is 26.0 Å². The van der Waals surface area contributed by atoms with Crippen LogP contribution >= 0.6 is 0 Å². The van der Waals surface area contributed by atoms with Crippen molar-refractivity contribution >= 4 is 23.5 Å². The van der Waals surface area contributed by atoms with Crippen LogP contribution in [0.1, 0.15) is 185 Å². The van der Waals surface area contributed by atoms with Crippen molar-refractivity contribution in [2.24, 2.45) is 78.8 Å². The highest BCUT2D eigenvalue weighted by molar-refractivity contribution is 5.96. The van der Waals surface area contributed by atoms with Crippen molar-refractivity contribution in [1.82, 2.24) is 0 Å². The Bertz CT molecular complexity index is 1840. The number of hydrogen-bond acceptors (Lipinski definition) is 6. The molecule has 2 N–H and O–H groups in total. The lowest BCUT2D eigenvalue weighted by atomic mass is 9.33. The average Bonchev–Trinajstić information content (AvgIpc) is 3.50. The molecule has 0 spiro atoms. The highest BCUT2D eigenvalue weighted by atomic mass is 16.5. The van der Waals surface area contributed by atoms with E-state index >= 15 is 0 Å². The molecule has 0 aromatic heterocycles. The van der Waals surface area contributed by atoms with Gasteiger partial charge in [-0.3, -0.25) is 19.2 Å². The van der Waals surface area contributed by atoms with Gasteiger partial charge in [0.2, 0.25) is 0 Å². The Hall–Kier alpha value is -2.28. The van der Waals surface area contributed by atoms with E-state index in [1.54, 1.807) is 0 Å². The van der Waals surface area contributed by atoms with Crippen molar-refractivity contribution in [2.75, 3.05) is 0 Å². The minimum atomic E-state index is -0.711. The summed E-state index contributed by atoms with van der Waals surface area (Å²) in [6.07, 6.45) is 21.2. The summed E-state index contributed by atoms with van der Waals surface area (Å²) in [4.78, 5) is 50.2. The van der Waals surface area contributed by atoms with Gasteiger partial charge in [0.1, 0.15) is 6.10 Å². The van der Waals surface area contributed by atoms with Gasteiger partial charge >= 0.3 is 11.9 Å². The molecule has 0 aromatic carbocycles. The number of aliphatic hydroxyl groups excluding tert-OH is 1. The molecule has 0 amide bonds. The van der Waals surface area contributed by atoms with Crippen molar-refractivity contribution < 1.29 is 34.1 Å². The number of carbonyl (C=O) groups excluding carboxylic acids is 3. The molecule has 7 heteroatoms. The maximum Gasteiger partial charge on any atom is 0.309 e. The zero-order valence-electron chi connectivity index (χ0n) is 38.4. The van der Waals surface area contributed by atoms with Crippen molar-refractivity contribution in [2.45, 2.75) is 197 Å². The fourth-order valence-corrected chi connectivity index (χ4v) is 17.3. The number of rotatable bonds is 3. The second-order valence-corrected chi connectivity index (χ2v) is 24.4. The van der Waals surface area contributed by atoms with Crippen LogP contribution in [0.2, 0.25) is 0 Å². The molecule has 9 aliphatic carbocycles. The summed E-state index contributed by atoms with van der Waals surface area (Å²) < 4.78 is 5.86. The van der Waals surface area contributed by atoms with E-state index < -0.39 is 11.4 Å². The minimum Gasteiger partial charge on any atom is -0.481 e. The summed E-state index contributed by atoms with van der Waals surface area (Å²) in [6.45, 7) is 22.5. The zero-order valence-corrected chi connectivity index (χ0v) is 38.4. The number of aliphatic carboxylic acids is 1. The van der Waals surface area contributed by atoms with Crippen LogP contribution in [0.25, 0.3) is 0 Å². The van der Waals surface area contributed by atoms with Crippen molar-refractivity contribution in [3.05, 3.63) is 23.3 Å². The Labute approximate surface area is 355 Å². The molecule has 59 heavy (non-hydrogen) atoms. The molecule has 0 heterocycles. The van der Waals surface area contributed by atoms with Gasteiger partial charge in [-0.2, -0.15) is 0 Å². The Kier molecular flexibility index (Phi) is 10.4. The summed E-state index contributed by atoms with van der Waals surface area (Å²) in [5.74, 6) is 2.47. The van der Waals surface area contributed by atoms with Crippen LogP contribution in [-0.4, -0.2) is 45.9 Å². The monoisotopic (exact) mass is 815 g/mol. The van der Waals surface area contributed by atoms with Gasteiger partial charge in [0.25, 0.3) is 0 Å². The number of carbonyl (C=O) groups is 4. The first-order chi connectivity index (χ1) is 27.4. The number of carboxylic acid groups (broad SMARTS) is 1. The van der Waals surface area contributed by atoms with Gasteiger partial charge in [0.05, 0.1) is 11.5 Å². The fraction of sp³-hybridized carbons (Fsp3) is 0.846. The lowest BCUT2D eigenvalue weighted by molar-refractivity contribution is -0.202. The van der Waals surface area contributed by atoms with E-state index in [1.165, 1.54) is 30.4 Å². The van der Waals surface area contributed by atoms with Gasteiger partial charge in [0, 0.05) is 24.2 Å². The first-order valence-electron chi connectivity index (χ1n) is 24.0. The molecule has 328 valence electrons. The number of esters is 1. The number of ketones is 2. The first kappa shape index (κ1) is 43.4. The Morgan fingerprint density at radius 2 is 1.44 bits per heavy atom. The molecule has 7 saturated carbocycles. The quantitative estimate of drug-likeness (QED) is 0.272. The number of fused-ring (bicyclic) bond motifs is 12. The third-order valence-electron chi connectivity index (χ3n) is 21.5.